The van der Waals surface area contributed by atoms with Gasteiger partial charge in [0.1, 0.15) is 18.2 Å². The van der Waals surface area contributed by atoms with Crippen LogP contribution in [0.15, 0.2) is 36.7 Å². The molecule has 1 aromatic heterocycles. The number of likely N-dealkylation sites (N-methyl/N-ethyl adjacent to an activating group) is 1. The molecule has 0 aliphatic heterocycles. The molecule has 0 radical (unpaired) electrons. The molecule has 0 spiro atoms. The van der Waals surface area contributed by atoms with E-state index in [1.54, 1.807) is 38.1 Å². The van der Waals surface area contributed by atoms with Gasteiger partial charge >= 0.3 is 5.97 Å². The summed E-state index contributed by atoms with van der Waals surface area (Å²) in [4.78, 5) is 21.9. The number of aliphatic carboxylic acids is 1. The van der Waals surface area contributed by atoms with Gasteiger partial charge in [-0.2, -0.15) is 0 Å². The highest BCUT2D eigenvalue weighted by Gasteiger charge is 2.19. The molecule has 2 aromatic carbocycles. The first kappa shape index (κ1) is 25.5. The highest BCUT2D eigenvalue weighted by Crippen LogP contribution is 2.35. The molecule has 182 valence electrons. The predicted octanol–water partition coefficient (Wildman–Crippen LogP) is 4.06. The summed E-state index contributed by atoms with van der Waals surface area (Å²) in [6.45, 7) is 3.18. The first-order chi connectivity index (χ1) is 16.3. The summed E-state index contributed by atoms with van der Waals surface area (Å²) in [7, 11) is 3.35. The van der Waals surface area contributed by atoms with E-state index in [0.717, 1.165) is 29.5 Å². The molecule has 9 nitrogen and oxygen atoms in total. The van der Waals surface area contributed by atoms with Crippen LogP contribution in [0.4, 0.5) is 11.5 Å². The van der Waals surface area contributed by atoms with Gasteiger partial charge in [0.2, 0.25) is 0 Å². The molecular formula is C24H30ClN5O4. The van der Waals surface area contributed by atoms with E-state index >= 15 is 0 Å². The molecule has 1 heterocycles. The zero-order chi connectivity index (χ0) is 24.7. The van der Waals surface area contributed by atoms with Crippen LogP contribution in [-0.4, -0.2) is 59.3 Å². The number of aromatic nitrogens is 2. The van der Waals surface area contributed by atoms with Gasteiger partial charge in [0.25, 0.3) is 0 Å². The monoisotopic (exact) mass is 487 g/mol. The summed E-state index contributed by atoms with van der Waals surface area (Å²) in [5, 5.41) is 14.0. The zero-order valence-electron chi connectivity index (χ0n) is 19.5. The number of nitrogens with two attached hydrogens (primary N) is 1. The number of carboxylic acids is 1. The molecule has 0 aliphatic carbocycles. The van der Waals surface area contributed by atoms with Crippen LogP contribution in [0.1, 0.15) is 25.3 Å². The van der Waals surface area contributed by atoms with Crippen LogP contribution >= 0.6 is 11.6 Å². The number of rotatable bonds is 12. The largest absolute Gasteiger partial charge is 0.493 e. The van der Waals surface area contributed by atoms with Gasteiger partial charge in [0.05, 0.1) is 19.2 Å². The molecule has 0 bridgehead atoms. The van der Waals surface area contributed by atoms with Crippen molar-refractivity contribution in [3.05, 3.63) is 47.2 Å². The van der Waals surface area contributed by atoms with Gasteiger partial charge in [-0.25, -0.2) is 9.97 Å². The third kappa shape index (κ3) is 6.25. The van der Waals surface area contributed by atoms with Crippen molar-refractivity contribution >= 4 is 40.0 Å². The van der Waals surface area contributed by atoms with Crippen molar-refractivity contribution in [2.45, 2.75) is 32.4 Å². The molecule has 0 fully saturated rings. The molecule has 0 saturated carbocycles. The quantitative estimate of drug-likeness (QED) is 0.324. The lowest BCUT2D eigenvalue weighted by atomic mass is 10.1. The molecule has 0 aliphatic rings. The van der Waals surface area contributed by atoms with Crippen LogP contribution in [0, 0.1) is 0 Å². The van der Waals surface area contributed by atoms with E-state index in [9.17, 15) is 9.90 Å². The van der Waals surface area contributed by atoms with Gasteiger partial charge in [0.15, 0.2) is 11.5 Å². The fourth-order valence-corrected chi connectivity index (χ4v) is 3.56. The smallest absolute Gasteiger partial charge is 0.320 e. The second kappa shape index (κ2) is 11.8. The van der Waals surface area contributed by atoms with Crippen molar-refractivity contribution in [1.82, 2.24) is 14.9 Å². The average Bonchev–Trinajstić information content (AvgIpc) is 2.82. The Hall–Kier alpha value is -3.14. The molecule has 1 unspecified atom stereocenters. The number of halogens is 1. The number of methoxy groups -OCH3 is 1. The molecule has 4 N–H and O–H groups in total. The Kier molecular flexibility index (Phi) is 8.86. The number of unbranched alkanes of at least 4 members (excludes halogenated alkanes) is 1. The lowest BCUT2D eigenvalue weighted by Gasteiger charge is -2.23. The number of carboxylic acid groups (broad SMARTS) is 1. The van der Waals surface area contributed by atoms with Crippen LogP contribution in [0.2, 0.25) is 5.02 Å². The van der Waals surface area contributed by atoms with Crippen LogP contribution < -0.4 is 20.5 Å². The maximum absolute atomic E-state index is 11.4. The summed E-state index contributed by atoms with van der Waals surface area (Å²) >= 11 is 6.27. The minimum absolute atomic E-state index is 0.402. The molecule has 0 saturated heterocycles. The van der Waals surface area contributed by atoms with Gasteiger partial charge in [-0.15, -0.1) is 0 Å². The topological polar surface area (TPSA) is 123 Å². The highest BCUT2D eigenvalue weighted by molar-refractivity contribution is 6.30. The maximum atomic E-state index is 11.4. The molecule has 3 rings (SSSR count). The Balaban J connectivity index is 1.95. The zero-order valence-corrected chi connectivity index (χ0v) is 20.3. The number of fused-ring (bicyclic) bond motifs is 1. The summed E-state index contributed by atoms with van der Waals surface area (Å²) in [6, 6.07) is 8.45. The van der Waals surface area contributed by atoms with Crippen LogP contribution in [-0.2, 0) is 11.3 Å². The van der Waals surface area contributed by atoms with E-state index in [0.29, 0.717) is 47.6 Å². The number of carbonyl (C=O) groups is 1. The second-order valence-electron chi connectivity index (χ2n) is 7.94. The Morgan fingerprint density at radius 1 is 1.24 bits per heavy atom. The highest BCUT2D eigenvalue weighted by atomic mass is 35.5. The molecular weight excluding hydrogens is 458 g/mol. The van der Waals surface area contributed by atoms with Crippen molar-refractivity contribution < 1.29 is 19.4 Å². The lowest BCUT2D eigenvalue weighted by molar-refractivity contribution is -0.142. The van der Waals surface area contributed by atoms with E-state index in [4.69, 9.17) is 26.8 Å². The number of anilines is 2. The Morgan fingerprint density at radius 2 is 2.03 bits per heavy atom. The Bertz CT molecular complexity index is 1140. The summed E-state index contributed by atoms with van der Waals surface area (Å²) in [5.41, 5.74) is 7.85. The van der Waals surface area contributed by atoms with Gasteiger partial charge in [0, 0.05) is 28.7 Å². The van der Waals surface area contributed by atoms with Gasteiger partial charge in [-0.1, -0.05) is 17.7 Å². The van der Waals surface area contributed by atoms with Gasteiger partial charge in [-0.3, -0.25) is 9.69 Å². The summed E-state index contributed by atoms with van der Waals surface area (Å²) in [5.74, 6) is 0.849. The van der Waals surface area contributed by atoms with Gasteiger partial charge < -0.3 is 25.6 Å². The third-order valence-electron chi connectivity index (χ3n) is 5.54. The number of hydrogen-bond acceptors (Lipinski definition) is 8. The Morgan fingerprint density at radius 3 is 2.74 bits per heavy atom. The van der Waals surface area contributed by atoms with E-state index in [1.165, 1.54) is 6.33 Å². The van der Waals surface area contributed by atoms with Crippen LogP contribution in [0.5, 0.6) is 11.5 Å². The predicted molar refractivity (Wildman–Crippen MR) is 133 cm³/mol. The fraction of sp³-hybridized carbons (Fsp3) is 0.375. The minimum Gasteiger partial charge on any atom is -0.493 e. The van der Waals surface area contributed by atoms with E-state index in [1.807, 2.05) is 18.2 Å². The maximum Gasteiger partial charge on any atom is 0.320 e. The number of ether oxygens (including phenoxy) is 2. The molecule has 10 heteroatoms. The van der Waals surface area contributed by atoms with E-state index < -0.39 is 12.0 Å². The second-order valence-corrected chi connectivity index (χ2v) is 8.38. The number of nitrogens with one attached hydrogen (secondary N) is 1. The molecule has 1 atom stereocenters. The van der Waals surface area contributed by atoms with Crippen molar-refractivity contribution in [3.8, 4) is 11.5 Å². The van der Waals surface area contributed by atoms with Crippen molar-refractivity contribution in [3.63, 3.8) is 0 Å². The SMILES string of the molecule is COc1cc2ncnc(Nc3cc(Cl)ccc3CN(C)C(C)C(=O)O)c2cc1OCCCCN. The molecule has 0 amide bonds. The van der Waals surface area contributed by atoms with Crippen LogP contribution in [0.25, 0.3) is 10.9 Å². The first-order valence-corrected chi connectivity index (χ1v) is 11.4. The van der Waals surface area contributed by atoms with E-state index in [2.05, 4.69) is 15.3 Å². The molecule has 3 aromatic rings. The standard InChI is InChI=1S/C24H30ClN5O4/c1-15(24(31)32)30(2)13-16-6-7-17(25)10-19(16)29-23-18-11-22(34-9-5-4-8-26)21(33-3)12-20(18)27-14-28-23/h6-7,10-12,14-15H,4-5,8-9,13,26H2,1-3H3,(H,31,32)(H,27,28,29). The molecule has 34 heavy (non-hydrogen) atoms. The average molecular weight is 488 g/mol. The number of benzene rings is 2. The van der Waals surface area contributed by atoms with Gasteiger partial charge in [-0.05, 0) is 57.1 Å². The first-order valence-electron chi connectivity index (χ1n) is 11.0. The minimum atomic E-state index is -0.888. The Labute approximate surface area is 203 Å². The van der Waals surface area contributed by atoms with Crippen LogP contribution in [0.3, 0.4) is 0 Å². The number of hydrogen-bond donors (Lipinski definition) is 3. The van der Waals surface area contributed by atoms with Crippen molar-refractivity contribution in [2.75, 3.05) is 32.6 Å². The van der Waals surface area contributed by atoms with E-state index in [-0.39, 0.29) is 0 Å². The normalized spacial score (nSPS) is 12.1. The van der Waals surface area contributed by atoms with Crippen molar-refractivity contribution in [2.24, 2.45) is 5.73 Å². The fourth-order valence-electron chi connectivity index (χ4n) is 3.39. The third-order valence-corrected chi connectivity index (χ3v) is 5.78. The number of nitrogens with zero attached hydrogens (tertiary/aromatic N) is 3. The summed E-state index contributed by atoms with van der Waals surface area (Å²) in [6.07, 6.45) is 3.18. The lowest BCUT2D eigenvalue weighted by Crippen LogP contribution is -2.35. The van der Waals surface area contributed by atoms with Crippen molar-refractivity contribution in [1.29, 1.82) is 0 Å². The summed E-state index contributed by atoms with van der Waals surface area (Å²) < 4.78 is 11.4.